The van der Waals surface area contributed by atoms with Gasteiger partial charge in [0.25, 0.3) is 0 Å². The number of phosphoric ester groups is 1. The average Bonchev–Trinajstić information content (AvgIpc) is 3.39. The first kappa shape index (κ1) is 69.6. The minimum absolute atomic E-state index is 0.0919. The molecule has 12 heteroatoms. The normalized spacial score (nSPS) is 14.4. The highest BCUT2D eigenvalue weighted by Gasteiger charge is 2.28. The van der Waals surface area contributed by atoms with Gasteiger partial charge in [-0.25, -0.2) is 4.57 Å². The first-order chi connectivity index (χ1) is 36.2. The van der Waals surface area contributed by atoms with Crippen LogP contribution in [0.15, 0.2) is 134 Å². The summed E-state index contributed by atoms with van der Waals surface area (Å²) in [6, 6.07) is 0. The second-order valence-electron chi connectivity index (χ2n) is 18.0. The summed E-state index contributed by atoms with van der Waals surface area (Å²) in [6.45, 7) is 4.16. The van der Waals surface area contributed by atoms with E-state index in [1.807, 2.05) is 12.2 Å². The van der Waals surface area contributed by atoms with E-state index in [9.17, 15) is 28.9 Å². The van der Waals surface area contributed by atoms with Crippen molar-refractivity contribution in [1.82, 2.24) is 0 Å². The van der Waals surface area contributed by atoms with E-state index in [4.69, 9.17) is 23.3 Å². The standard InChI is InChI=1S/C62H99O11P/c1-4-7-10-13-16-19-22-25-27-29-31-34-37-40-43-46-49-52-61(65)72-58(54-63)56-70-74(67,68)71-57-59(55-69-60(64)51-48-45-42-39-36-33-24-21-18-15-12-9-6-3)73-62(66)53-50-47-44-41-38-35-32-30-28-26-23-20-17-14-11-8-5-2/h7-12,16-21,25-28,32-33,35-36,42,45,58-59,63H,4-6,13-15,22-24,29-31,34,37-41,43-44,46-57H2,1-3H3,(H,67,68)/b10-7-,11-8-,12-9-,19-16-,20-17-,21-18-,27-25-,28-26-,35-32-,36-33-,45-42-. The van der Waals surface area contributed by atoms with Gasteiger partial charge < -0.3 is 24.2 Å². The molecule has 0 aliphatic heterocycles. The number of esters is 3. The van der Waals surface area contributed by atoms with Crippen molar-refractivity contribution in [3.63, 3.8) is 0 Å². The fourth-order valence-corrected chi connectivity index (χ4v) is 7.69. The van der Waals surface area contributed by atoms with Crippen molar-refractivity contribution in [2.45, 2.75) is 213 Å². The van der Waals surface area contributed by atoms with Crippen molar-refractivity contribution in [3.8, 4) is 0 Å². The topological polar surface area (TPSA) is 155 Å². The van der Waals surface area contributed by atoms with Gasteiger partial charge in [-0.2, -0.15) is 0 Å². The molecule has 3 unspecified atom stereocenters. The third-order valence-electron chi connectivity index (χ3n) is 11.1. The maximum Gasteiger partial charge on any atom is 0.472 e. The van der Waals surface area contributed by atoms with Crippen LogP contribution in [0.1, 0.15) is 201 Å². The van der Waals surface area contributed by atoms with Gasteiger partial charge in [-0.3, -0.25) is 23.4 Å². The first-order valence-electron chi connectivity index (χ1n) is 28.1. The highest BCUT2D eigenvalue weighted by molar-refractivity contribution is 7.47. The van der Waals surface area contributed by atoms with E-state index in [2.05, 4.69) is 142 Å². The number of carbonyl (C=O) groups excluding carboxylic acids is 3. The molecule has 0 aliphatic carbocycles. The number of hydrogen-bond donors (Lipinski definition) is 2. The number of hydrogen-bond acceptors (Lipinski definition) is 10. The maximum absolute atomic E-state index is 12.9. The summed E-state index contributed by atoms with van der Waals surface area (Å²) >= 11 is 0. The van der Waals surface area contributed by atoms with Gasteiger partial charge in [0.05, 0.1) is 19.8 Å². The van der Waals surface area contributed by atoms with Crippen LogP contribution in [0.2, 0.25) is 0 Å². The molecule has 0 aromatic heterocycles. The lowest BCUT2D eigenvalue weighted by Gasteiger charge is -2.21. The van der Waals surface area contributed by atoms with Crippen LogP contribution in [-0.4, -0.2) is 66.5 Å². The van der Waals surface area contributed by atoms with Gasteiger partial charge in [-0.1, -0.05) is 199 Å². The Morgan fingerprint density at radius 1 is 0.378 bits per heavy atom. The predicted molar refractivity (Wildman–Crippen MR) is 306 cm³/mol. The summed E-state index contributed by atoms with van der Waals surface area (Å²) in [6.07, 6.45) is 68.6. The Hall–Kier alpha value is -4.38. The zero-order valence-corrected chi connectivity index (χ0v) is 46.9. The molecule has 0 amide bonds. The van der Waals surface area contributed by atoms with E-state index >= 15 is 0 Å². The van der Waals surface area contributed by atoms with Gasteiger partial charge in [0.15, 0.2) is 6.10 Å². The Bertz CT molecular complexity index is 1750. The number of phosphoric acid groups is 1. The zero-order valence-electron chi connectivity index (χ0n) is 46.0. The molecule has 0 saturated carbocycles. The molecule has 0 radical (unpaired) electrons. The Balaban J connectivity index is 4.83. The van der Waals surface area contributed by atoms with Crippen LogP contribution in [0.5, 0.6) is 0 Å². The van der Waals surface area contributed by atoms with Gasteiger partial charge in [0, 0.05) is 19.3 Å². The van der Waals surface area contributed by atoms with Crippen LogP contribution in [0.25, 0.3) is 0 Å². The third kappa shape index (κ3) is 52.5. The fraction of sp³-hybridized carbons (Fsp3) is 0.597. The lowest BCUT2D eigenvalue weighted by Crippen LogP contribution is -2.30. The lowest BCUT2D eigenvalue weighted by atomic mass is 10.1. The van der Waals surface area contributed by atoms with Crippen molar-refractivity contribution >= 4 is 25.7 Å². The molecule has 0 fully saturated rings. The average molecular weight is 1050 g/mol. The maximum atomic E-state index is 12.9. The van der Waals surface area contributed by atoms with Crippen molar-refractivity contribution in [2.75, 3.05) is 26.4 Å². The van der Waals surface area contributed by atoms with Crippen molar-refractivity contribution < 1.29 is 52.2 Å². The molecular formula is C62H99O11P. The second-order valence-corrected chi connectivity index (χ2v) is 19.4. The van der Waals surface area contributed by atoms with Crippen molar-refractivity contribution in [1.29, 1.82) is 0 Å². The Kier molecular flexibility index (Phi) is 51.6. The van der Waals surface area contributed by atoms with Crippen LogP contribution in [0, 0.1) is 0 Å². The van der Waals surface area contributed by atoms with Crippen LogP contribution in [0.3, 0.4) is 0 Å². The lowest BCUT2D eigenvalue weighted by molar-refractivity contribution is -0.161. The Morgan fingerprint density at radius 2 is 0.689 bits per heavy atom. The molecule has 0 bridgehead atoms. The summed E-state index contributed by atoms with van der Waals surface area (Å²) in [5, 5.41) is 9.81. The van der Waals surface area contributed by atoms with Gasteiger partial charge in [-0.05, 0) is 116 Å². The molecule has 74 heavy (non-hydrogen) atoms. The van der Waals surface area contributed by atoms with E-state index in [1.54, 1.807) is 0 Å². The van der Waals surface area contributed by atoms with Gasteiger partial charge in [-0.15, -0.1) is 0 Å². The summed E-state index contributed by atoms with van der Waals surface area (Å²) in [7, 11) is -4.78. The highest BCUT2D eigenvalue weighted by atomic mass is 31.2. The molecule has 418 valence electrons. The van der Waals surface area contributed by atoms with E-state index in [0.717, 1.165) is 135 Å². The molecular weight excluding hydrogens is 952 g/mol. The molecule has 0 aromatic carbocycles. The molecule has 0 aromatic rings. The summed E-state index contributed by atoms with van der Waals surface area (Å²) in [5.41, 5.74) is 0. The molecule has 0 aliphatic rings. The quantitative estimate of drug-likeness (QED) is 0.0197. The largest absolute Gasteiger partial charge is 0.472 e. The highest BCUT2D eigenvalue weighted by Crippen LogP contribution is 2.43. The van der Waals surface area contributed by atoms with E-state index in [0.29, 0.717) is 19.3 Å². The van der Waals surface area contributed by atoms with Crippen LogP contribution < -0.4 is 0 Å². The minimum Gasteiger partial charge on any atom is -0.462 e. The molecule has 0 rings (SSSR count). The number of aliphatic hydroxyl groups excluding tert-OH is 1. The monoisotopic (exact) mass is 1050 g/mol. The van der Waals surface area contributed by atoms with Gasteiger partial charge >= 0.3 is 25.7 Å². The number of carbonyl (C=O) groups is 3. The second kappa shape index (κ2) is 54.9. The van der Waals surface area contributed by atoms with Crippen LogP contribution in [-0.2, 0) is 42.2 Å². The SMILES string of the molecule is CC/C=C\C/C=C\C/C=C\C/C=C\CCCCCCC(=O)OC(COC(=O)CC/C=C\C/C=C\C/C=C\C/C=C\CC)COP(=O)(O)OCC(CO)OC(=O)CCCCCCCCC/C=C\C/C=C\C/C=C\CC. The fourth-order valence-electron chi connectivity index (χ4n) is 6.90. The molecule has 3 atom stereocenters. The molecule has 0 saturated heterocycles. The third-order valence-corrected chi connectivity index (χ3v) is 12.0. The molecule has 0 spiro atoms. The van der Waals surface area contributed by atoms with Gasteiger partial charge in [0.1, 0.15) is 12.7 Å². The van der Waals surface area contributed by atoms with Crippen molar-refractivity contribution in [3.05, 3.63) is 134 Å². The van der Waals surface area contributed by atoms with E-state index < -0.39 is 64.4 Å². The van der Waals surface area contributed by atoms with Crippen LogP contribution in [0.4, 0.5) is 0 Å². The summed E-state index contributed by atoms with van der Waals surface area (Å²) in [5.74, 6) is -1.62. The van der Waals surface area contributed by atoms with E-state index in [-0.39, 0.29) is 19.3 Å². The van der Waals surface area contributed by atoms with Crippen molar-refractivity contribution in [2.24, 2.45) is 0 Å². The minimum atomic E-state index is -4.78. The number of unbranched alkanes of at least 4 members (excludes halogenated alkanes) is 11. The molecule has 11 nitrogen and oxygen atoms in total. The van der Waals surface area contributed by atoms with Gasteiger partial charge in [0.2, 0.25) is 0 Å². The number of rotatable bonds is 50. The number of aliphatic hydroxyl groups is 1. The smallest absolute Gasteiger partial charge is 0.462 e. The Labute approximate surface area is 449 Å². The summed E-state index contributed by atoms with van der Waals surface area (Å²) in [4.78, 5) is 48.5. The Morgan fingerprint density at radius 3 is 1.07 bits per heavy atom. The van der Waals surface area contributed by atoms with E-state index in [1.165, 1.54) is 6.42 Å². The number of ether oxygens (including phenoxy) is 3. The number of allylic oxidation sites excluding steroid dienone is 22. The predicted octanol–water partition coefficient (Wildman–Crippen LogP) is 16.6. The molecule has 2 N–H and O–H groups in total. The summed E-state index contributed by atoms with van der Waals surface area (Å²) < 4.78 is 39.4. The molecule has 0 heterocycles. The first-order valence-corrected chi connectivity index (χ1v) is 29.6. The van der Waals surface area contributed by atoms with Crippen LogP contribution >= 0.6 is 7.82 Å². The zero-order chi connectivity index (χ0) is 54.1.